The maximum absolute atomic E-state index is 5.74. The minimum Gasteiger partial charge on any atom is -0.404 e. The summed E-state index contributed by atoms with van der Waals surface area (Å²) in [5, 5.41) is 11.6. The van der Waals surface area contributed by atoms with Crippen molar-refractivity contribution in [3.8, 4) is 5.69 Å². The third-order valence-electron chi connectivity index (χ3n) is 3.87. The number of hydrogen-bond acceptors (Lipinski definition) is 10. The monoisotopic (exact) mass is 380 g/mol. The van der Waals surface area contributed by atoms with E-state index in [1.54, 1.807) is 10.9 Å². The van der Waals surface area contributed by atoms with Crippen LogP contribution in [0.25, 0.3) is 22.4 Å². The van der Waals surface area contributed by atoms with Crippen molar-refractivity contribution in [2.24, 2.45) is 27.5 Å². The number of aliphatic imine (C=N–C) groups is 1. The molecule has 2 heterocycles. The number of hydrazone groups is 1. The molecule has 0 atom stereocenters. The molecule has 0 spiro atoms. The van der Waals surface area contributed by atoms with Gasteiger partial charge in [-0.25, -0.2) is 10.8 Å². The van der Waals surface area contributed by atoms with Crippen molar-refractivity contribution in [2.75, 3.05) is 12.3 Å². The number of hydrazine groups is 1. The molecule has 12 heteroatoms. The van der Waals surface area contributed by atoms with E-state index >= 15 is 0 Å². The van der Waals surface area contributed by atoms with E-state index in [0.717, 1.165) is 16.8 Å². The first kappa shape index (κ1) is 18.7. The van der Waals surface area contributed by atoms with Gasteiger partial charge in [-0.1, -0.05) is 17.3 Å². The minimum absolute atomic E-state index is 0.157. The van der Waals surface area contributed by atoms with E-state index in [0.29, 0.717) is 30.0 Å². The maximum Gasteiger partial charge on any atom is 0.222 e. The molecule has 9 N–H and O–H groups in total. The molecular formula is C16H20N12. The Morgan fingerprint density at radius 3 is 2.71 bits per heavy atom. The van der Waals surface area contributed by atoms with Crippen molar-refractivity contribution in [3.63, 3.8) is 0 Å². The van der Waals surface area contributed by atoms with Crippen LogP contribution in [0.1, 0.15) is 12.0 Å². The Hall–Kier alpha value is -4.06. The Morgan fingerprint density at radius 1 is 1.25 bits per heavy atom. The summed E-state index contributed by atoms with van der Waals surface area (Å²) in [4.78, 5) is 12.4. The quantitative estimate of drug-likeness (QED) is 0.159. The number of fused-ring (bicyclic) bond motifs is 1. The van der Waals surface area contributed by atoms with Gasteiger partial charge in [0, 0.05) is 31.0 Å². The summed E-state index contributed by atoms with van der Waals surface area (Å²) in [5.41, 5.74) is 17.3. The minimum atomic E-state index is 0.157. The molecule has 3 aromatic rings. The number of nitrogens with zero attached hydrogens (tertiary/aromatic N) is 7. The van der Waals surface area contributed by atoms with Gasteiger partial charge in [0.1, 0.15) is 5.84 Å². The van der Waals surface area contributed by atoms with Crippen LogP contribution in [0.3, 0.4) is 0 Å². The SMILES string of the molecule is NC=C(C=NCC/C(=N/N)NN)c1ccc(-n2nnc3cnc(N)nc32)cc1. The van der Waals surface area contributed by atoms with Gasteiger partial charge in [0.25, 0.3) is 0 Å². The van der Waals surface area contributed by atoms with Gasteiger partial charge in [0.2, 0.25) is 5.95 Å². The van der Waals surface area contributed by atoms with Crippen LogP contribution >= 0.6 is 0 Å². The number of rotatable bonds is 6. The summed E-state index contributed by atoms with van der Waals surface area (Å²) in [6.45, 7) is 0.460. The Bertz CT molecular complexity index is 1030. The highest BCUT2D eigenvalue weighted by molar-refractivity contribution is 6.09. The van der Waals surface area contributed by atoms with E-state index in [1.165, 1.54) is 12.4 Å². The average Bonchev–Trinajstić information content (AvgIpc) is 3.14. The van der Waals surface area contributed by atoms with Crippen molar-refractivity contribution < 1.29 is 0 Å². The molecule has 0 saturated carbocycles. The fourth-order valence-corrected chi connectivity index (χ4v) is 2.43. The molecule has 0 amide bonds. The predicted molar refractivity (Wildman–Crippen MR) is 108 cm³/mol. The molecule has 0 fully saturated rings. The molecule has 0 aliphatic carbocycles. The second-order valence-corrected chi connectivity index (χ2v) is 5.61. The standard InChI is InChI=1S/C16H20N12/c17-7-11(8-21-6-5-14(24-19)25-20)10-1-3-12(4-2-10)28-15-13(26-27-28)9-22-16(18)23-15/h1-4,7-9H,5-6,17,19-20H2,(H,24,25)(H2,18,22,23). The van der Waals surface area contributed by atoms with Crippen LogP contribution in [0.15, 0.2) is 46.8 Å². The normalized spacial score (nSPS) is 12.8. The first-order valence-electron chi connectivity index (χ1n) is 8.26. The van der Waals surface area contributed by atoms with Crippen molar-refractivity contribution in [1.29, 1.82) is 0 Å². The van der Waals surface area contributed by atoms with Crippen LogP contribution in [0.5, 0.6) is 0 Å². The number of benzene rings is 1. The molecule has 144 valence electrons. The molecule has 0 saturated heterocycles. The summed E-state index contributed by atoms with van der Waals surface area (Å²) >= 11 is 0. The van der Waals surface area contributed by atoms with Crippen molar-refractivity contribution in [2.45, 2.75) is 6.42 Å². The molecule has 12 nitrogen and oxygen atoms in total. The molecule has 1 aromatic carbocycles. The Balaban J connectivity index is 1.76. The van der Waals surface area contributed by atoms with Gasteiger partial charge < -0.3 is 22.7 Å². The first-order chi connectivity index (χ1) is 13.7. The highest BCUT2D eigenvalue weighted by Crippen LogP contribution is 2.18. The highest BCUT2D eigenvalue weighted by Gasteiger charge is 2.09. The van der Waals surface area contributed by atoms with Gasteiger partial charge in [0.15, 0.2) is 11.2 Å². The number of aromatic nitrogens is 5. The zero-order valence-corrected chi connectivity index (χ0v) is 14.9. The first-order valence-corrected chi connectivity index (χ1v) is 8.26. The second kappa shape index (κ2) is 8.55. The van der Waals surface area contributed by atoms with Crippen LogP contribution in [0.4, 0.5) is 5.95 Å². The third-order valence-corrected chi connectivity index (χ3v) is 3.87. The van der Waals surface area contributed by atoms with Crippen LogP contribution in [0.2, 0.25) is 0 Å². The van der Waals surface area contributed by atoms with Gasteiger partial charge >= 0.3 is 0 Å². The number of hydrogen-bond donors (Lipinski definition) is 5. The van der Waals surface area contributed by atoms with Gasteiger partial charge in [-0.15, -0.1) is 5.10 Å². The molecule has 2 aromatic heterocycles. The van der Waals surface area contributed by atoms with E-state index in [4.69, 9.17) is 23.2 Å². The topological polar surface area (TPSA) is 197 Å². The molecule has 0 aliphatic heterocycles. The van der Waals surface area contributed by atoms with E-state index in [1.807, 2.05) is 24.3 Å². The molecule has 0 aliphatic rings. The summed E-state index contributed by atoms with van der Waals surface area (Å²) < 4.78 is 1.59. The molecule has 0 bridgehead atoms. The number of nitrogens with two attached hydrogens (primary N) is 4. The summed E-state index contributed by atoms with van der Waals surface area (Å²) in [7, 11) is 0. The van der Waals surface area contributed by atoms with Crippen molar-refractivity contribution in [3.05, 3.63) is 42.2 Å². The summed E-state index contributed by atoms with van der Waals surface area (Å²) in [6.07, 6.45) is 5.18. The third kappa shape index (κ3) is 4.02. The Kier molecular flexibility index (Phi) is 5.72. The lowest BCUT2D eigenvalue weighted by atomic mass is 10.1. The summed E-state index contributed by atoms with van der Waals surface area (Å²) in [6, 6.07) is 7.53. The van der Waals surface area contributed by atoms with E-state index in [-0.39, 0.29) is 5.95 Å². The van der Waals surface area contributed by atoms with Crippen LogP contribution in [0, 0.1) is 0 Å². The molecule has 3 rings (SSSR count). The highest BCUT2D eigenvalue weighted by atomic mass is 15.4. The fourth-order valence-electron chi connectivity index (χ4n) is 2.43. The largest absolute Gasteiger partial charge is 0.404 e. The Labute approximate surface area is 160 Å². The zero-order valence-electron chi connectivity index (χ0n) is 14.9. The number of allylic oxidation sites excluding steroid dienone is 1. The lowest BCUT2D eigenvalue weighted by Gasteiger charge is -2.05. The van der Waals surface area contributed by atoms with Gasteiger partial charge in [-0.3, -0.25) is 4.99 Å². The maximum atomic E-state index is 5.74. The zero-order chi connectivity index (χ0) is 19.9. The van der Waals surface area contributed by atoms with Crippen LogP contribution in [-0.4, -0.2) is 43.6 Å². The predicted octanol–water partition coefficient (Wildman–Crippen LogP) is -0.711. The van der Waals surface area contributed by atoms with E-state index in [9.17, 15) is 0 Å². The molecular weight excluding hydrogens is 360 g/mol. The van der Waals surface area contributed by atoms with Crippen LogP contribution < -0.4 is 28.6 Å². The van der Waals surface area contributed by atoms with Crippen molar-refractivity contribution in [1.82, 2.24) is 30.4 Å². The average molecular weight is 380 g/mol. The Morgan fingerprint density at radius 2 is 2.04 bits per heavy atom. The smallest absolute Gasteiger partial charge is 0.222 e. The second-order valence-electron chi connectivity index (χ2n) is 5.61. The number of anilines is 1. The molecule has 0 unspecified atom stereocenters. The van der Waals surface area contributed by atoms with Crippen molar-refractivity contribution >= 4 is 34.7 Å². The van der Waals surface area contributed by atoms with E-state index < -0.39 is 0 Å². The lowest BCUT2D eigenvalue weighted by Crippen LogP contribution is -2.31. The lowest BCUT2D eigenvalue weighted by molar-refractivity contribution is 0.817. The van der Waals surface area contributed by atoms with Gasteiger partial charge in [-0.05, 0) is 17.7 Å². The van der Waals surface area contributed by atoms with Crippen LogP contribution in [-0.2, 0) is 0 Å². The fraction of sp³-hybridized carbons (Fsp3) is 0.125. The number of nitrogens with one attached hydrogen (secondary N) is 1. The summed E-state index contributed by atoms with van der Waals surface area (Å²) in [5.74, 6) is 11.1. The van der Waals surface area contributed by atoms with E-state index in [2.05, 4.69) is 35.8 Å². The number of nitrogen functional groups attached to an aromatic ring is 1. The van der Waals surface area contributed by atoms with Gasteiger partial charge in [-0.2, -0.15) is 14.8 Å². The molecule has 0 radical (unpaired) electrons. The molecule has 28 heavy (non-hydrogen) atoms. The van der Waals surface area contributed by atoms with Gasteiger partial charge in [0.05, 0.1) is 11.9 Å². The number of amidine groups is 1.